The normalized spacial score (nSPS) is 14.8. The van der Waals surface area contributed by atoms with Crippen LogP contribution in [0.5, 0.6) is 0 Å². The van der Waals surface area contributed by atoms with E-state index >= 15 is 0 Å². The van der Waals surface area contributed by atoms with E-state index in [1.54, 1.807) is 0 Å². The first kappa shape index (κ1) is 46.9. The number of nitrogens with one attached hydrogen (secondary N) is 1. The fraction of sp³-hybridized carbons (Fsp3) is 0.705. The van der Waals surface area contributed by atoms with E-state index in [0.29, 0.717) is 31.6 Å². The van der Waals surface area contributed by atoms with Crippen molar-refractivity contribution in [1.82, 2.24) is 9.97 Å². The van der Waals surface area contributed by atoms with Crippen molar-refractivity contribution < 1.29 is 19.1 Å². The largest absolute Gasteiger partial charge is 0.469 e. The molecule has 2 aromatic rings. The molecule has 2 rings (SSSR count). The summed E-state index contributed by atoms with van der Waals surface area (Å²) in [5.74, 6) is -0.292. The fourth-order valence-corrected chi connectivity index (χ4v) is 9.39. The van der Waals surface area contributed by atoms with E-state index in [4.69, 9.17) is 20.0 Å². The topological polar surface area (TPSA) is 157 Å². The molecule has 0 aliphatic carbocycles. The molecule has 1 aromatic heterocycles. The maximum Gasteiger partial charge on any atom is 0.312 e. The second-order valence-corrected chi connectivity index (χ2v) is 17.0. The van der Waals surface area contributed by atoms with Crippen LogP contribution in [0.15, 0.2) is 34.5 Å². The van der Waals surface area contributed by atoms with E-state index in [-0.39, 0.29) is 46.7 Å². The van der Waals surface area contributed by atoms with E-state index in [9.17, 15) is 9.59 Å². The SMILES string of the molecule is CCN(CCOC(=O)C(C)(CC(CC)(CC)C(CC)(CC)C(C)(CC(C)(C)CC)C(=O)OC)C(C)(C)CC)c1ccc(/N=N/c2nc(C#N)c(C#N)[nH]2)cc1. The number of nitriles is 2. The lowest BCUT2D eigenvalue weighted by Gasteiger charge is -2.62. The quantitative estimate of drug-likeness (QED) is 0.0918. The molecular weight excluding hydrogens is 691 g/mol. The second kappa shape index (κ2) is 19.1. The summed E-state index contributed by atoms with van der Waals surface area (Å²) in [5, 5.41) is 26.5. The third kappa shape index (κ3) is 9.42. The first-order valence-corrected chi connectivity index (χ1v) is 20.2. The molecule has 55 heavy (non-hydrogen) atoms. The zero-order valence-electron chi connectivity index (χ0n) is 36.4. The predicted octanol–water partition coefficient (Wildman–Crippen LogP) is 11.4. The minimum Gasteiger partial charge on any atom is -0.469 e. The molecule has 0 bridgehead atoms. The number of azo groups is 1. The van der Waals surface area contributed by atoms with E-state index in [1.165, 1.54) is 7.11 Å². The minimum atomic E-state index is -0.847. The first-order chi connectivity index (χ1) is 25.8. The molecule has 11 heteroatoms. The number of methoxy groups -OCH3 is 1. The van der Waals surface area contributed by atoms with E-state index in [1.807, 2.05) is 36.4 Å². The first-order valence-electron chi connectivity index (χ1n) is 20.2. The van der Waals surface area contributed by atoms with Crippen LogP contribution in [0, 0.1) is 55.2 Å². The number of hydrogen-bond donors (Lipinski definition) is 1. The van der Waals surface area contributed by atoms with Gasteiger partial charge in [-0.3, -0.25) is 9.59 Å². The number of likely N-dealkylation sites (N-methyl/N-ethyl adjacent to an activating group) is 1. The molecule has 0 saturated carbocycles. The minimum absolute atomic E-state index is 0.0252. The van der Waals surface area contributed by atoms with Crippen LogP contribution >= 0.6 is 0 Å². The summed E-state index contributed by atoms with van der Waals surface area (Å²) < 4.78 is 12.0. The van der Waals surface area contributed by atoms with Gasteiger partial charge < -0.3 is 19.4 Å². The van der Waals surface area contributed by atoms with Crippen LogP contribution in [0.25, 0.3) is 0 Å². The lowest BCUT2D eigenvalue weighted by atomic mass is 9.41. The Kier molecular flexibility index (Phi) is 16.3. The van der Waals surface area contributed by atoms with Gasteiger partial charge in [0.25, 0.3) is 0 Å². The molecule has 0 aliphatic heterocycles. The Bertz CT molecular complexity index is 1660. The van der Waals surface area contributed by atoms with Gasteiger partial charge in [0, 0.05) is 12.2 Å². The van der Waals surface area contributed by atoms with Crippen molar-refractivity contribution in [3.63, 3.8) is 0 Å². The van der Waals surface area contributed by atoms with Gasteiger partial charge in [0.15, 0.2) is 11.4 Å². The molecular formula is C44H69N7O4. The molecule has 0 amide bonds. The highest BCUT2D eigenvalue weighted by Gasteiger charge is 2.65. The van der Waals surface area contributed by atoms with Crippen LogP contribution in [0.2, 0.25) is 0 Å². The zero-order valence-corrected chi connectivity index (χ0v) is 36.4. The third-order valence-electron chi connectivity index (χ3n) is 13.9. The van der Waals surface area contributed by atoms with Gasteiger partial charge in [0.2, 0.25) is 5.95 Å². The third-order valence-corrected chi connectivity index (χ3v) is 13.9. The van der Waals surface area contributed by atoms with Crippen LogP contribution < -0.4 is 4.90 Å². The molecule has 0 spiro atoms. The van der Waals surface area contributed by atoms with Crippen molar-refractivity contribution >= 4 is 29.3 Å². The number of imidazole rings is 1. The molecule has 304 valence electrons. The van der Waals surface area contributed by atoms with E-state index in [0.717, 1.165) is 44.2 Å². The summed E-state index contributed by atoms with van der Waals surface area (Å²) in [4.78, 5) is 37.7. The number of H-pyrrole nitrogens is 1. The predicted molar refractivity (Wildman–Crippen MR) is 219 cm³/mol. The average molecular weight is 760 g/mol. The van der Waals surface area contributed by atoms with Crippen molar-refractivity contribution in [1.29, 1.82) is 10.5 Å². The molecule has 0 fully saturated rings. The fourth-order valence-electron chi connectivity index (χ4n) is 9.39. The maximum absolute atomic E-state index is 14.7. The van der Waals surface area contributed by atoms with Gasteiger partial charge in [-0.25, -0.2) is 0 Å². The molecule has 11 nitrogen and oxygen atoms in total. The second-order valence-electron chi connectivity index (χ2n) is 17.0. The molecule has 1 heterocycles. The van der Waals surface area contributed by atoms with Gasteiger partial charge >= 0.3 is 11.9 Å². The molecule has 0 aliphatic rings. The number of esters is 2. The smallest absolute Gasteiger partial charge is 0.312 e. The van der Waals surface area contributed by atoms with Crippen molar-refractivity contribution in [3.8, 4) is 12.1 Å². The molecule has 0 saturated heterocycles. The van der Waals surface area contributed by atoms with Crippen LogP contribution in [-0.4, -0.2) is 48.7 Å². The van der Waals surface area contributed by atoms with E-state index < -0.39 is 21.7 Å². The van der Waals surface area contributed by atoms with Gasteiger partial charge in [-0.2, -0.15) is 15.5 Å². The number of anilines is 1. The van der Waals surface area contributed by atoms with Crippen molar-refractivity contribution in [3.05, 3.63) is 35.7 Å². The Labute approximate surface area is 331 Å². The Morgan fingerprint density at radius 3 is 1.82 bits per heavy atom. The van der Waals surface area contributed by atoms with E-state index in [2.05, 4.69) is 115 Å². The molecule has 0 radical (unpaired) electrons. The summed E-state index contributed by atoms with van der Waals surface area (Å²) in [5.41, 5.74) is -1.39. The number of nitrogens with zero attached hydrogens (tertiary/aromatic N) is 6. The van der Waals surface area contributed by atoms with Gasteiger partial charge in [-0.1, -0.05) is 75.7 Å². The number of aromatic nitrogens is 2. The number of ether oxygens (including phenoxy) is 2. The highest BCUT2D eigenvalue weighted by molar-refractivity contribution is 5.79. The van der Waals surface area contributed by atoms with Gasteiger partial charge in [-0.15, -0.1) is 10.2 Å². The Morgan fingerprint density at radius 2 is 1.38 bits per heavy atom. The van der Waals surface area contributed by atoms with Crippen LogP contribution in [0.4, 0.5) is 17.3 Å². The number of carbonyl (C=O) groups is 2. The number of carbonyl (C=O) groups excluding carboxylic acids is 2. The summed E-state index contributed by atoms with van der Waals surface area (Å²) in [6.07, 6.45) is 6.21. The van der Waals surface area contributed by atoms with Crippen LogP contribution in [0.1, 0.15) is 153 Å². The molecule has 1 aromatic carbocycles. The van der Waals surface area contributed by atoms with Gasteiger partial charge in [-0.05, 0) is 112 Å². The summed E-state index contributed by atoms with van der Waals surface area (Å²) in [6.45, 7) is 29.8. The monoisotopic (exact) mass is 760 g/mol. The molecule has 2 atom stereocenters. The lowest BCUT2D eigenvalue weighted by molar-refractivity contribution is -0.193. The Morgan fingerprint density at radius 1 is 0.782 bits per heavy atom. The van der Waals surface area contributed by atoms with Gasteiger partial charge in [0.1, 0.15) is 18.7 Å². The van der Waals surface area contributed by atoms with Crippen molar-refractivity contribution in [2.75, 3.05) is 31.7 Å². The van der Waals surface area contributed by atoms with Crippen molar-refractivity contribution in [2.45, 2.75) is 141 Å². The average Bonchev–Trinajstić information content (AvgIpc) is 3.60. The number of hydrogen-bond acceptors (Lipinski definition) is 10. The number of benzene rings is 1. The maximum atomic E-state index is 14.7. The number of rotatable bonds is 22. The molecule has 1 N–H and O–H groups in total. The van der Waals surface area contributed by atoms with Crippen molar-refractivity contribution in [2.24, 2.45) is 42.7 Å². The highest BCUT2D eigenvalue weighted by atomic mass is 16.5. The standard InChI is InChI=1S/C44H69N7O4/c1-15-39(8,9)30-42(13,36(52)54-14)44(19-5,20-6)43(17-3,18-4)31-41(12,40(10,11)16-2)37(53)55-27-26-51(21-7)33-24-22-32(23-25-33)49-50-38-47-34(28-45)35(29-46)48-38/h22-25H,15-21,26-27,30-31H2,1-14H3,(H,47,48)/b50-49+. The highest BCUT2D eigenvalue weighted by Crippen LogP contribution is 2.67. The molecule has 2 unspecified atom stereocenters. The van der Waals surface area contributed by atoms with Crippen LogP contribution in [-0.2, 0) is 19.1 Å². The summed E-state index contributed by atoms with van der Waals surface area (Å²) >= 11 is 0. The number of aromatic amines is 1. The Hall–Kier alpha value is -4.25. The van der Waals surface area contributed by atoms with Gasteiger partial charge in [0.05, 0.1) is 30.2 Å². The summed E-state index contributed by atoms with van der Waals surface area (Å²) in [6, 6.07) is 11.2. The lowest BCUT2D eigenvalue weighted by Crippen LogP contribution is -2.59. The van der Waals surface area contributed by atoms with Crippen LogP contribution in [0.3, 0.4) is 0 Å². The zero-order chi connectivity index (χ0) is 41.9. The Balaban J connectivity index is 2.45. The summed E-state index contributed by atoms with van der Waals surface area (Å²) in [7, 11) is 1.51.